The van der Waals surface area contributed by atoms with E-state index in [-0.39, 0.29) is 6.61 Å². The van der Waals surface area contributed by atoms with Crippen molar-refractivity contribution >= 4 is 23.8 Å². The molecule has 0 bridgehead atoms. The molecule has 0 fully saturated rings. The quantitative estimate of drug-likeness (QED) is 0.516. The van der Waals surface area contributed by atoms with Crippen LogP contribution >= 0.6 is 0 Å². The topological polar surface area (TPSA) is 77.8 Å². The summed E-state index contributed by atoms with van der Waals surface area (Å²) in [5.74, 6) is 1.09. The van der Waals surface area contributed by atoms with Crippen molar-refractivity contribution in [2.45, 2.75) is 13.8 Å². The minimum atomic E-state index is -0.566. The highest BCUT2D eigenvalue weighted by Crippen LogP contribution is 2.18. The third kappa shape index (κ3) is 5.35. The summed E-state index contributed by atoms with van der Waals surface area (Å²) in [6, 6.07) is 10.0. The van der Waals surface area contributed by atoms with Gasteiger partial charge in [0.25, 0.3) is 0 Å². The monoisotopic (exact) mass is 315 g/mol. The zero-order chi connectivity index (χ0) is 16.7. The standard InChI is InChI=1S/C17H17NO5/c1-3-21-17(20)18-13-5-4-6-15(11-13)23-16(19)10-9-14-8-7-12(2)22-14/h4-11H,3H2,1-2H3,(H,18,20)/b10-9+. The summed E-state index contributed by atoms with van der Waals surface area (Å²) in [6.45, 7) is 3.81. The number of hydrogen-bond acceptors (Lipinski definition) is 5. The summed E-state index contributed by atoms with van der Waals surface area (Å²) in [5.41, 5.74) is 0.472. The summed E-state index contributed by atoms with van der Waals surface area (Å²) in [4.78, 5) is 23.1. The van der Waals surface area contributed by atoms with Gasteiger partial charge in [-0.05, 0) is 44.2 Å². The molecule has 0 saturated heterocycles. The van der Waals surface area contributed by atoms with Gasteiger partial charge in [-0.25, -0.2) is 9.59 Å². The molecule has 0 spiro atoms. The van der Waals surface area contributed by atoms with Crippen LogP contribution in [0.15, 0.2) is 46.9 Å². The second kappa shape index (κ2) is 7.84. The molecule has 23 heavy (non-hydrogen) atoms. The van der Waals surface area contributed by atoms with Crippen molar-refractivity contribution < 1.29 is 23.5 Å². The molecule has 2 aromatic rings. The zero-order valence-electron chi connectivity index (χ0n) is 12.9. The average molecular weight is 315 g/mol. The summed E-state index contributed by atoms with van der Waals surface area (Å²) >= 11 is 0. The van der Waals surface area contributed by atoms with Gasteiger partial charge in [-0.2, -0.15) is 0 Å². The highest BCUT2D eigenvalue weighted by atomic mass is 16.5. The van der Waals surface area contributed by atoms with Crippen LogP contribution < -0.4 is 10.1 Å². The third-order valence-corrected chi connectivity index (χ3v) is 2.72. The summed E-state index contributed by atoms with van der Waals surface area (Å²) in [6.07, 6.45) is 2.23. The first-order chi connectivity index (χ1) is 11.1. The molecule has 0 saturated carbocycles. The van der Waals surface area contributed by atoms with E-state index in [0.717, 1.165) is 5.76 Å². The largest absolute Gasteiger partial charge is 0.462 e. The molecule has 120 valence electrons. The molecule has 0 unspecified atom stereocenters. The van der Waals surface area contributed by atoms with Crippen molar-refractivity contribution in [1.82, 2.24) is 0 Å². The number of amides is 1. The second-order valence-corrected chi connectivity index (χ2v) is 4.58. The molecule has 0 aliphatic heterocycles. The lowest BCUT2D eigenvalue weighted by atomic mass is 10.3. The molecule has 0 radical (unpaired) electrons. The first kappa shape index (κ1) is 16.4. The van der Waals surface area contributed by atoms with E-state index >= 15 is 0 Å². The number of ether oxygens (including phenoxy) is 2. The Hall–Kier alpha value is -3.02. The van der Waals surface area contributed by atoms with Crippen LogP contribution in [0.3, 0.4) is 0 Å². The van der Waals surface area contributed by atoms with E-state index in [9.17, 15) is 9.59 Å². The van der Waals surface area contributed by atoms with Crippen LogP contribution in [0.5, 0.6) is 5.75 Å². The van der Waals surface area contributed by atoms with Gasteiger partial charge < -0.3 is 13.9 Å². The lowest BCUT2D eigenvalue weighted by molar-refractivity contribution is -0.128. The van der Waals surface area contributed by atoms with Gasteiger partial charge in [0.05, 0.1) is 6.61 Å². The average Bonchev–Trinajstić information content (AvgIpc) is 2.91. The molecule has 6 nitrogen and oxygen atoms in total. The van der Waals surface area contributed by atoms with Gasteiger partial charge in [0.2, 0.25) is 0 Å². The number of carbonyl (C=O) groups excluding carboxylic acids is 2. The second-order valence-electron chi connectivity index (χ2n) is 4.58. The number of rotatable bonds is 5. The number of furan rings is 1. The Kier molecular flexibility index (Phi) is 5.57. The van der Waals surface area contributed by atoms with Crippen LogP contribution in [0.2, 0.25) is 0 Å². The van der Waals surface area contributed by atoms with E-state index in [0.29, 0.717) is 17.2 Å². The van der Waals surface area contributed by atoms with Gasteiger partial charge in [0.1, 0.15) is 17.3 Å². The smallest absolute Gasteiger partial charge is 0.411 e. The fraction of sp³-hybridized carbons (Fsp3) is 0.176. The number of hydrogen-bond donors (Lipinski definition) is 1. The van der Waals surface area contributed by atoms with Crippen LogP contribution in [0.1, 0.15) is 18.4 Å². The van der Waals surface area contributed by atoms with Crippen LogP contribution in [0, 0.1) is 6.92 Å². The number of esters is 1. The van der Waals surface area contributed by atoms with Crippen molar-refractivity contribution in [3.8, 4) is 5.75 Å². The molecule has 1 aromatic carbocycles. The van der Waals surface area contributed by atoms with Gasteiger partial charge in [-0.3, -0.25) is 5.32 Å². The number of nitrogens with one attached hydrogen (secondary N) is 1. The maximum Gasteiger partial charge on any atom is 0.411 e. The van der Waals surface area contributed by atoms with Gasteiger partial charge in [0, 0.05) is 17.8 Å². The van der Waals surface area contributed by atoms with Gasteiger partial charge in [-0.1, -0.05) is 6.07 Å². The molecular weight excluding hydrogens is 298 g/mol. The molecule has 0 atom stereocenters. The zero-order valence-corrected chi connectivity index (χ0v) is 12.9. The summed E-state index contributed by atoms with van der Waals surface area (Å²) in [7, 11) is 0. The van der Waals surface area contributed by atoms with Crippen LogP contribution in [0.4, 0.5) is 10.5 Å². The number of carbonyl (C=O) groups is 2. The summed E-state index contributed by atoms with van der Waals surface area (Å²) in [5, 5.41) is 2.53. The first-order valence-electron chi connectivity index (χ1n) is 7.07. The molecule has 6 heteroatoms. The van der Waals surface area contributed by atoms with Crippen molar-refractivity contribution in [3.63, 3.8) is 0 Å². The molecule has 1 aromatic heterocycles. The molecule has 2 rings (SSSR count). The van der Waals surface area contributed by atoms with E-state index in [1.807, 2.05) is 6.92 Å². The normalized spacial score (nSPS) is 10.5. The number of benzene rings is 1. The lowest BCUT2D eigenvalue weighted by Gasteiger charge is -2.07. The van der Waals surface area contributed by atoms with Crippen LogP contribution in [-0.2, 0) is 9.53 Å². The van der Waals surface area contributed by atoms with Crippen LogP contribution in [0.25, 0.3) is 6.08 Å². The highest BCUT2D eigenvalue weighted by molar-refractivity contribution is 5.89. The van der Waals surface area contributed by atoms with Crippen molar-refractivity contribution in [1.29, 1.82) is 0 Å². The van der Waals surface area contributed by atoms with E-state index in [4.69, 9.17) is 13.9 Å². The lowest BCUT2D eigenvalue weighted by Crippen LogP contribution is -2.13. The Labute approximate surface area is 133 Å². The van der Waals surface area contributed by atoms with Crippen LogP contribution in [-0.4, -0.2) is 18.7 Å². The van der Waals surface area contributed by atoms with E-state index in [1.54, 1.807) is 37.3 Å². The molecule has 1 heterocycles. The van der Waals surface area contributed by atoms with Crippen molar-refractivity contribution in [3.05, 3.63) is 54.0 Å². The van der Waals surface area contributed by atoms with Gasteiger partial charge >= 0.3 is 12.1 Å². The van der Waals surface area contributed by atoms with Gasteiger partial charge in [-0.15, -0.1) is 0 Å². The van der Waals surface area contributed by atoms with Gasteiger partial charge in [0.15, 0.2) is 0 Å². The number of aryl methyl sites for hydroxylation is 1. The van der Waals surface area contributed by atoms with Crippen molar-refractivity contribution in [2.24, 2.45) is 0 Å². The predicted molar refractivity (Wildman–Crippen MR) is 85.2 cm³/mol. The van der Waals surface area contributed by atoms with E-state index < -0.39 is 12.1 Å². The molecule has 1 amide bonds. The van der Waals surface area contributed by atoms with E-state index in [2.05, 4.69) is 5.32 Å². The molecule has 0 aliphatic rings. The molecule has 1 N–H and O–H groups in total. The Morgan fingerprint density at radius 2 is 2.09 bits per heavy atom. The Morgan fingerprint density at radius 1 is 1.26 bits per heavy atom. The van der Waals surface area contributed by atoms with Crippen molar-refractivity contribution in [2.75, 3.05) is 11.9 Å². The fourth-order valence-corrected chi connectivity index (χ4v) is 1.77. The SMILES string of the molecule is CCOC(=O)Nc1cccc(OC(=O)/C=C/c2ccc(C)o2)c1. The highest BCUT2D eigenvalue weighted by Gasteiger charge is 2.05. The maximum atomic E-state index is 11.8. The minimum Gasteiger partial charge on any atom is -0.462 e. The Bertz CT molecular complexity index is 717. The Morgan fingerprint density at radius 3 is 2.78 bits per heavy atom. The Balaban J connectivity index is 1.95. The minimum absolute atomic E-state index is 0.275. The van der Waals surface area contributed by atoms with E-state index in [1.165, 1.54) is 18.2 Å². The fourth-order valence-electron chi connectivity index (χ4n) is 1.77. The maximum absolute atomic E-state index is 11.8. The number of anilines is 1. The molecular formula is C17H17NO5. The summed E-state index contributed by atoms with van der Waals surface area (Å²) < 4.78 is 15.3. The predicted octanol–water partition coefficient (Wildman–Crippen LogP) is 3.78. The first-order valence-corrected chi connectivity index (χ1v) is 7.07. The molecule has 0 aliphatic carbocycles. The third-order valence-electron chi connectivity index (χ3n) is 2.72.